The largest absolute Gasteiger partial charge is 1.00 e. The van der Waals surface area contributed by atoms with Crippen molar-refractivity contribution in [3.8, 4) is 21.6 Å². The lowest BCUT2D eigenvalue weighted by atomic mass is 10.1. The van der Waals surface area contributed by atoms with E-state index in [1.54, 1.807) is 0 Å². The van der Waals surface area contributed by atoms with Gasteiger partial charge in [0.05, 0.1) is 5.56 Å². The van der Waals surface area contributed by atoms with Crippen LogP contribution in [-0.4, -0.2) is 6.26 Å². The maximum Gasteiger partial charge on any atom is 0.272 e. The molecule has 0 saturated heterocycles. The predicted molar refractivity (Wildman–Crippen MR) is 91.4 cm³/mol. The van der Waals surface area contributed by atoms with Crippen LogP contribution in [-0.2, 0) is 0 Å². The second kappa shape index (κ2) is 7.92. The summed E-state index contributed by atoms with van der Waals surface area (Å²) in [4.78, 5) is 1.31. The van der Waals surface area contributed by atoms with Crippen molar-refractivity contribution in [2.45, 2.75) is 4.21 Å². The summed E-state index contributed by atoms with van der Waals surface area (Å²) in [5, 5.41) is 0. The zero-order valence-corrected chi connectivity index (χ0v) is 15.4. The summed E-state index contributed by atoms with van der Waals surface area (Å²) in [6.45, 7) is 0. The summed E-state index contributed by atoms with van der Waals surface area (Å²) in [6, 6.07) is 25.6. The quantitative estimate of drug-likeness (QED) is 0.355. The fourth-order valence-corrected chi connectivity index (χ4v) is 4.05. The molecule has 0 atom stereocenters. The molecule has 0 nitrogen and oxygen atoms in total. The molecule has 0 fully saturated rings. The third-order valence-electron chi connectivity index (χ3n) is 3.15. The minimum atomic E-state index is 0. The molecule has 0 amide bonds. The molecule has 0 bridgehead atoms. The Morgan fingerprint density at radius 1 is 0.714 bits per heavy atom. The maximum atomic E-state index is 2.24. The monoisotopic (exact) mass is 422 g/mol. The number of thioether (sulfide) groups is 1. The van der Waals surface area contributed by atoms with Crippen molar-refractivity contribution in [1.82, 2.24) is 0 Å². The lowest BCUT2D eigenvalue weighted by Crippen LogP contribution is -3.00. The van der Waals surface area contributed by atoms with Crippen LogP contribution in [0.1, 0.15) is 0 Å². The van der Waals surface area contributed by atoms with E-state index in [0.717, 1.165) is 0 Å². The molecule has 1 heterocycles. The van der Waals surface area contributed by atoms with Crippen LogP contribution < -0.4 is 24.0 Å². The third kappa shape index (κ3) is 3.84. The first-order valence-corrected chi connectivity index (χ1v) is 8.54. The highest BCUT2D eigenvalue weighted by atomic mass is 127. The summed E-state index contributed by atoms with van der Waals surface area (Å²) in [5.74, 6) is 0. The minimum absolute atomic E-state index is 0. The van der Waals surface area contributed by atoms with E-state index in [-0.39, 0.29) is 24.0 Å². The average Bonchev–Trinajstić information content (AvgIpc) is 2.56. The van der Waals surface area contributed by atoms with E-state index in [0.29, 0.717) is 0 Å². The van der Waals surface area contributed by atoms with Gasteiger partial charge in [-0.2, -0.15) is 0 Å². The first-order valence-electron chi connectivity index (χ1n) is 6.50. The van der Waals surface area contributed by atoms with E-state index in [1.807, 2.05) is 23.1 Å². The molecular weight excluding hydrogens is 407 g/mol. The van der Waals surface area contributed by atoms with Gasteiger partial charge in [-0.3, -0.25) is 0 Å². The van der Waals surface area contributed by atoms with Crippen LogP contribution in [0.2, 0.25) is 0 Å². The van der Waals surface area contributed by atoms with Crippen LogP contribution in [0.15, 0.2) is 77.0 Å². The Morgan fingerprint density at radius 3 is 1.86 bits per heavy atom. The van der Waals surface area contributed by atoms with Crippen molar-refractivity contribution in [1.29, 1.82) is 0 Å². The number of hydrogen-bond donors (Lipinski definition) is 0. The van der Waals surface area contributed by atoms with Gasteiger partial charge in [-0.25, -0.2) is 0 Å². The molecule has 0 aliphatic heterocycles. The summed E-state index contributed by atoms with van der Waals surface area (Å²) in [5.41, 5.74) is 3.89. The van der Waals surface area contributed by atoms with Crippen molar-refractivity contribution in [3.63, 3.8) is 0 Å². The Labute approximate surface area is 151 Å². The number of rotatable bonds is 3. The Hall–Kier alpha value is -0.910. The van der Waals surface area contributed by atoms with Gasteiger partial charge in [-0.15, -0.1) is 0 Å². The molecule has 1 aromatic heterocycles. The highest BCUT2D eigenvalue weighted by molar-refractivity contribution is 8.00. The Balaban J connectivity index is 0.00000161. The lowest BCUT2D eigenvalue weighted by molar-refractivity contribution is -0.00000379. The van der Waals surface area contributed by atoms with Crippen LogP contribution in [0.3, 0.4) is 0 Å². The van der Waals surface area contributed by atoms with Crippen LogP contribution in [0, 0.1) is 0 Å². The molecule has 0 radical (unpaired) electrons. The summed E-state index contributed by atoms with van der Waals surface area (Å²) >= 11 is 3.68. The van der Waals surface area contributed by atoms with Crippen molar-refractivity contribution in [2.24, 2.45) is 0 Å². The molecule has 0 N–H and O–H groups in total. The Kier molecular flexibility index (Phi) is 6.21. The maximum absolute atomic E-state index is 2.24. The van der Waals surface area contributed by atoms with Crippen molar-refractivity contribution >= 4 is 23.1 Å². The van der Waals surface area contributed by atoms with Gasteiger partial charge in [0, 0.05) is 11.6 Å². The van der Waals surface area contributed by atoms with Gasteiger partial charge in [0.15, 0.2) is 0 Å². The van der Waals surface area contributed by atoms with E-state index in [2.05, 4.69) is 79.1 Å². The number of halogens is 1. The van der Waals surface area contributed by atoms with E-state index >= 15 is 0 Å². The number of hydrogen-bond acceptors (Lipinski definition) is 1. The molecule has 0 spiro atoms. The van der Waals surface area contributed by atoms with Gasteiger partial charge < -0.3 is 24.0 Å². The average molecular weight is 422 g/mol. The fraction of sp³-hybridized carbons (Fsp3) is 0.0556. The molecule has 2 aromatic carbocycles. The Morgan fingerprint density at radius 2 is 1.29 bits per heavy atom. The zero-order chi connectivity index (χ0) is 13.8. The lowest BCUT2D eigenvalue weighted by Gasteiger charge is -2.01. The van der Waals surface area contributed by atoms with Gasteiger partial charge in [-0.05, 0) is 30.0 Å². The molecule has 3 rings (SSSR count). The zero-order valence-electron chi connectivity index (χ0n) is 11.6. The third-order valence-corrected chi connectivity index (χ3v) is 5.49. The molecule has 3 heteroatoms. The normalized spacial score (nSPS) is 9.95. The van der Waals surface area contributed by atoms with Gasteiger partial charge >= 0.3 is 0 Å². The molecule has 106 valence electrons. The fourth-order valence-electron chi connectivity index (χ4n) is 2.16. The molecule has 3 aromatic rings. The standard InChI is InChI=1S/C18H15S2.HI/c1-19-18-16(14-8-4-2-5-9-14)12-13-17(20-18)15-10-6-3-7-11-15;/h2-13H,1H3;1H/q+1;/p-1. The second-order valence-electron chi connectivity index (χ2n) is 4.44. The highest BCUT2D eigenvalue weighted by Gasteiger charge is 2.19. The van der Waals surface area contributed by atoms with Crippen molar-refractivity contribution in [3.05, 3.63) is 72.8 Å². The van der Waals surface area contributed by atoms with Crippen LogP contribution in [0.25, 0.3) is 21.6 Å². The van der Waals surface area contributed by atoms with Gasteiger partial charge in [-0.1, -0.05) is 60.3 Å². The highest BCUT2D eigenvalue weighted by Crippen LogP contribution is 2.38. The second-order valence-corrected chi connectivity index (χ2v) is 6.56. The van der Waals surface area contributed by atoms with Gasteiger partial charge in [0.2, 0.25) is 16.2 Å². The SMILES string of the molecule is CSc1[s+]c(-c2ccccc2)ccc1-c1ccccc1.[I-]. The smallest absolute Gasteiger partial charge is 0.272 e. The van der Waals surface area contributed by atoms with Crippen LogP contribution in [0.4, 0.5) is 0 Å². The number of benzene rings is 2. The van der Waals surface area contributed by atoms with E-state index < -0.39 is 0 Å². The molecule has 0 unspecified atom stereocenters. The van der Waals surface area contributed by atoms with E-state index in [1.165, 1.54) is 25.8 Å². The molecular formula is C18H15IS2. The van der Waals surface area contributed by atoms with E-state index in [9.17, 15) is 0 Å². The molecule has 0 aliphatic carbocycles. The van der Waals surface area contributed by atoms with Gasteiger partial charge in [0.25, 0.3) is 4.21 Å². The summed E-state index contributed by atoms with van der Waals surface area (Å²) in [7, 11) is 0. The topological polar surface area (TPSA) is 0 Å². The minimum Gasteiger partial charge on any atom is -1.00 e. The predicted octanol–water partition coefficient (Wildman–Crippen LogP) is 3.09. The van der Waals surface area contributed by atoms with Crippen molar-refractivity contribution < 1.29 is 24.0 Å². The Bertz CT molecular complexity index is 697. The van der Waals surface area contributed by atoms with Gasteiger partial charge in [0.1, 0.15) is 0 Å². The first kappa shape index (κ1) is 16.5. The van der Waals surface area contributed by atoms with Crippen LogP contribution >= 0.6 is 23.1 Å². The molecule has 0 aliphatic rings. The molecule has 0 saturated carbocycles. The first-order chi connectivity index (χ1) is 9.88. The van der Waals surface area contributed by atoms with Crippen LogP contribution in [0.5, 0.6) is 0 Å². The van der Waals surface area contributed by atoms with E-state index in [4.69, 9.17) is 0 Å². The summed E-state index contributed by atoms with van der Waals surface area (Å²) < 4.78 is 1.36. The van der Waals surface area contributed by atoms with Crippen molar-refractivity contribution in [2.75, 3.05) is 6.26 Å². The molecule has 21 heavy (non-hydrogen) atoms. The summed E-state index contributed by atoms with van der Waals surface area (Å²) in [6.07, 6.45) is 2.15.